The summed E-state index contributed by atoms with van der Waals surface area (Å²) in [6.07, 6.45) is 4.24. The molecule has 0 aromatic heterocycles. The van der Waals surface area contributed by atoms with Crippen molar-refractivity contribution in [1.29, 1.82) is 0 Å². The second-order valence-corrected chi connectivity index (χ2v) is 4.23. The van der Waals surface area contributed by atoms with E-state index in [4.69, 9.17) is 14.2 Å². The summed E-state index contributed by atoms with van der Waals surface area (Å²) in [6, 6.07) is 5.65. The van der Waals surface area contributed by atoms with Gasteiger partial charge in [0.2, 0.25) is 0 Å². The molecule has 4 nitrogen and oxygen atoms in total. The quantitative estimate of drug-likeness (QED) is 0.624. The van der Waals surface area contributed by atoms with Gasteiger partial charge >= 0.3 is 5.97 Å². The molecule has 0 radical (unpaired) electrons. The first-order valence-corrected chi connectivity index (χ1v) is 6.64. The fourth-order valence-corrected chi connectivity index (χ4v) is 2.04. The van der Waals surface area contributed by atoms with Crippen LogP contribution in [-0.4, -0.2) is 19.7 Å². The molecular formula is C16H18O4. The molecule has 1 heterocycles. The SMILES string of the molecule is CCOC(=O)/C(CC)=C1\C=Cc2cccc(OC)c2O1. The summed E-state index contributed by atoms with van der Waals surface area (Å²) in [5.41, 5.74) is 1.45. The van der Waals surface area contributed by atoms with Gasteiger partial charge in [-0.3, -0.25) is 0 Å². The van der Waals surface area contributed by atoms with Crippen LogP contribution >= 0.6 is 0 Å². The Labute approximate surface area is 118 Å². The van der Waals surface area contributed by atoms with Crippen molar-refractivity contribution in [1.82, 2.24) is 0 Å². The number of rotatable bonds is 4. The lowest BCUT2D eigenvalue weighted by Gasteiger charge is -2.19. The highest BCUT2D eigenvalue weighted by Crippen LogP contribution is 2.37. The Morgan fingerprint density at radius 1 is 1.25 bits per heavy atom. The summed E-state index contributed by atoms with van der Waals surface area (Å²) in [7, 11) is 1.59. The van der Waals surface area contributed by atoms with Gasteiger partial charge in [0.25, 0.3) is 0 Å². The lowest BCUT2D eigenvalue weighted by Crippen LogP contribution is -2.13. The second kappa shape index (κ2) is 6.28. The Kier molecular flexibility index (Phi) is 4.45. The molecule has 0 atom stereocenters. The van der Waals surface area contributed by atoms with Gasteiger partial charge in [0.05, 0.1) is 19.3 Å². The minimum Gasteiger partial charge on any atom is -0.493 e. The number of carbonyl (C=O) groups is 1. The molecule has 1 aromatic carbocycles. The summed E-state index contributed by atoms with van der Waals surface area (Å²) < 4.78 is 16.2. The normalized spacial score (nSPS) is 15.2. The molecule has 4 heteroatoms. The van der Waals surface area contributed by atoms with Crippen molar-refractivity contribution in [2.24, 2.45) is 0 Å². The Hall–Kier alpha value is -2.23. The predicted octanol–water partition coefficient (Wildman–Crippen LogP) is 3.33. The fourth-order valence-electron chi connectivity index (χ4n) is 2.04. The van der Waals surface area contributed by atoms with Gasteiger partial charge in [0.1, 0.15) is 5.76 Å². The Balaban J connectivity index is 2.41. The minimum atomic E-state index is -0.340. The average Bonchev–Trinajstić information content (AvgIpc) is 2.47. The molecule has 0 saturated heterocycles. The number of fused-ring (bicyclic) bond motifs is 1. The lowest BCUT2D eigenvalue weighted by molar-refractivity contribution is -0.138. The summed E-state index contributed by atoms with van der Waals surface area (Å²) >= 11 is 0. The standard InChI is InChI=1S/C16H18O4/c1-4-12(16(17)19-5-2)13-10-9-11-7-6-8-14(18-3)15(11)20-13/h6-10H,4-5H2,1-3H3/b13-12+. The second-order valence-electron chi connectivity index (χ2n) is 4.23. The van der Waals surface area contributed by atoms with Gasteiger partial charge < -0.3 is 14.2 Å². The number of carbonyl (C=O) groups excluding carboxylic acids is 1. The number of methoxy groups -OCH3 is 1. The van der Waals surface area contributed by atoms with Gasteiger partial charge in [-0.15, -0.1) is 0 Å². The van der Waals surface area contributed by atoms with Crippen LogP contribution in [0, 0.1) is 0 Å². The van der Waals surface area contributed by atoms with Crippen LogP contribution in [0.15, 0.2) is 35.6 Å². The van der Waals surface area contributed by atoms with E-state index < -0.39 is 0 Å². The number of benzene rings is 1. The van der Waals surface area contributed by atoms with Crippen LogP contribution in [-0.2, 0) is 9.53 Å². The van der Waals surface area contributed by atoms with Crippen LogP contribution in [0.3, 0.4) is 0 Å². The van der Waals surface area contributed by atoms with E-state index in [-0.39, 0.29) is 5.97 Å². The summed E-state index contributed by atoms with van der Waals surface area (Å²) in [4.78, 5) is 11.9. The van der Waals surface area contributed by atoms with E-state index in [0.717, 1.165) is 5.56 Å². The minimum absolute atomic E-state index is 0.340. The third-order valence-electron chi connectivity index (χ3n) is 3.03. The lowest BCUT2D eigenvalue weighted by atomic mass is 10.1. The van der Waals surface area contributed by atoms with Crippen LogP contribution in [0.2, 0.25) is 0 Å². The first-order valence-electron chi connectivity index (χ1n) is 6.64. The maximum Gasteiger partial charge on any atom is 0.337 e. The smallest absolute Gasteiger partial charge is 0.337 e. The molecule has 0 amide bonds. The Morgan fingerprint density at radius 3 is 2.70 bits per heavy atom. The molecule has 0 N–H and O–H groups in total. The van der Waals surface area contributed by atoms with Crippen molar-refractivity contribution in [3.63, 3.8) is 0 Å². The van der Waals surface area contributed by atoms with Crippen molar-refractivity contribution in [2.75, 3.05) is 13.7 Å². The number of esters is 1. The molecule has 2 rings (SSSR count). The maximum absolute atomic E-state index is 11.9. The molecule has 0 bridgehead atoms. The number of hydrogen-bond acceptors (Lipinski definition) is 4. The molecule has 0 unspecified atom stereocenters. The van der Waals surface area contributed by atoms with Gasteiger partial charge in [-0.2, -0.15) is 0 Å². The Bertz CT molecular complexity index is 570. The van der Waals surface area contributed by atoms with Crippen LogP contribution in [0.1, 0.15) is 25.8 Å². The zero-order valence-electron chi connectivity index (χ0n) is 11.9. The summed E-state index contributed by atoms with van der Waals surface area (Å²) in [5.74, 6) is 1.45. The van der Waals surface area contributed by atoms with E-state index >= 15 is 0 Å². The van der Waals surface area contributed by atoms with Crippen molar-refractivity contribution < 1.29 is 19.0 Å². The van der Waals surface area contributed by atoms with Crippen LogP contribution in [0.25, 0.3) is 6.08 Å². The molecular weight excluding hydrogens is 256 g/mol. The highest BCUT2D eigenvalue weighted by molar-refractivity contribution is 5.90. The first kappa shape index (κ1) is 14.2. The van der Waals surface area contributed by atoms with E-state index in [9.17, 15) is 4.79 Å². The van der Waals surface area contributed by atoms with Gasteiger partial charge in [0.15, 0.2) is 11.5 Å². The largest absolute Gasteiger partial charge is 0.493 e. The van der Waals surface area contributed by atoms with Crippen molar-refractivity contribution >= 4 is 12.0 Å². The molecule has 0 spiro atoms. The van der Waals surface area contributed by atoms with E-state index in [1.807, 2.05) is 31.2 Å². The maximum atomic E-state index is 11.9. The van der Waals surface area contributed by atoms with E-state index in [0.29, 0.717) is 35.9 Å². The molecule has 1 aromatic rings. The topological polar surface area (TPSA) is 44.8 Å². The summed E-state index contributed by atoms with van der Waals surface area (Å²) in [6.45, 7) is 4.03. The molecule has 1 aliphatic heterocycles. The monoisotopic (exact) mass is 274 g/mol. The highest BCUT2D eigenvalue weighted by atomic mass is 16.5. The zero-order chi connectivity index (χ0) is 14.5. The summed E-state index contributed by atoms with van der Waals surface area (Å²) in [5, 5.41) is 0. The van der Waals surface area contributed by atoms with Gasteiger partial charge in [-0.25, -0.2) is 4.79 Å². The molecule has 0 fully saturated rings. The van der Waals surface area contributed by atoms with Crippen molar-refractivity contribution in [2.45, 2.75) is 20.3 Å². The predicted molar refractivity (Wildman–Crippen MR) is 76.6 cm³/mol. The van der Waals surface area contributed by atoms with E-state index in [1.165, 1.54) is 0 Å². The highest BCUT2D eigenvalue weighted by Gasteiger charge is 2.20. The average molecular weight is 274 g/mol. The molecule has 0 aliphatic carbocycles. The molecule has 106 valence electrons. The van der Waals surface area contributed by atoms with Gasteiger partial charge in [-0.1, -0.05) is 19.1 Å². The Morgan fingerprint density at radius 2 is 2.05 bits per heavy atom. The zero-order valence-corrected chi connectivity index (χ0v) is 11.9. The molecule has 20 heavy (non-hydrogen) atoms. The van der Waals surface area contributed by atoms with Gasteiger partial charge in [-0.05, 0) is 31.6 Å². The molecule has 0 saturated carbocycles. The first-order chi connectivity index (χ1) is 9.71. The van der Waals surface area contributed by atoms with Crippen molar-refractivity contribution in [3.05, 3.63) is 41.2 Å². The third-order valence-corrected chi connectivity index (χ3v) is 3.03. The fraction of sp³-hybridized carbons (Fsp3) is 0.312. The van der Waals surface area contributed by atoms with Crippen molar-refractivity contribution in [3.8, 4) is 11.5 Å². The van der Waals surface area contributed by atoms with E-state index in [2.05, 4.69) is 0 Å². The van der Waals surface area contributed by atoms with E-state index in [1.54, 1.807) is 20.1 Å². The van der Waals surface area contributed by atoms with Gasteiger partial charge in [0, 0.05) is 5.56 Å². The van der Waals surface area contributed by atoms with Crippen LogP contribution in [0.4, 0.5) is 0 Å². The number of hydrogen-bond donors (Lipinski definition) is 0. The number of allylic oxidation sites excluding steroid dienone is 1. The number of ether oxygens (including phenoxy) is 3. The third kappa shape index (κ3) is 2.69. The van der Waals surface area contributed by atoms with Crippen LogP contribution in [0.5, 0.6) is 11.5 Å². The number of para-hydroxylation sites is 1. The molecule has 1 aliphatic rings. The van der Waals surface area contributed by atoms with Crippen LogP contribution < -0.4 is 9.47 Å².